The average molecular weight is 627 g/mol. The number of oxime groups is 1. The molecule has 16 nitrogen and oxygen atoms in total. The largest absolute Gasteiger partial charge is 0.477 e. The lowest BCUT2D eigenvalue weighted by molar-refractivity contribution is -0.179. The number of nitrogens with two attached hydrogens (primary N) is 1. The highest BCUT2D eigenvalue weighted by Gasteiger charge is 2.54. The third kappa shape index (κ3) is 7.61. The van der Waals surface area contributed by atoms with Crippen molar-refractivity contribution >= 4 is 69.6 Å². The van der Waals surface area contributed by atoms with Gasteiger partial charge in [-0.15, -0.1) is 11.8 Å². The number of carbonyl (C=O) groups excluding carboxylic acids is 5. The quantitative estimate of drug-likeness (QED) is 0.0981. The van der Waals surface area contributed by atoms with E-state index in [4.69, 9.17) is 20.0 Å². The number of carboxylic acid groups (broad SMARTS) is 1. The maximum absolute atomic E-state index is 13.3. The van der Waals surface area contributed by atoms with E-state index >= 15 is 0 Å². The van der Waals surface area contributed by atoms with Crippen LogP contribution in [0.2, 0.25) is 0 Å². The van der Waals surface area contributed by atoms with E-state index in [0.29, 0.717) is 0 Å². The molecule has 1 fully saturated rings. The van der Waals surface area contributed by atoms with E-state index in [-0.39, 0.29) is 28.0 Å². The number of nitrogens with one attached hydrogen (secondary N) is 1. The van der Waals surface area contributed by atoms with E-state index in [1.807, 2.05) is 0 Å². The molecule has 1 aromatic rings. The number of hydrogen-bond acceptors (Lipinski definition) is 15. The number of ketones is 1. The van der Waals surface area contributed by atoms with Crippen LogP contribution in [0.4, 0.5) is 5.13 Å². The number of thioether (sulfide) groups is 1. The van der Waals surface area contributed by atoms with E-state index in [0.717, 1.165) is 28.2 Å². The number of fused-ring (bicyclic) bond motifs is 1. The van der Waals surface area contributed by atoms with Crippen molar-refractivity contribution in [3.63, 3.8) is 0 Å². The molecule has 2 aliphatic heterocycles. The van der Waals surface area contributed by atoms with Crippen LogP contribution in [0.1, 0.15) is 53.8 Å². The van der Waals surface area contributed by atoms with Crippen molar-refractivity contribution in [1.29, 1.82) is 0 Å². The van der Waals surface area contributed by atoms with Crippen molar-refractivity contribution in [2.24, 2.45) is 5.16 Å². The minimum atomic E-state index is -1.63. The molecule has 18 heteroatoms. The summed E-state index contributed by atoms with van der Waals surface area (Å²) in [5.41, 5.74) is 2.49. The van der Waals surface area contributed by atoms with E-state index < -0.39 is 76.9 Å². The van der Waals surface area contributed by atoms with Crippen molar-refractivity contribution in [2.75, 3.05) is 18.1 Å². The molecule has 2 aliphatic rings. The van der Waals surface area contributed by atoms with Crippen LogP contribution >= 0.6 is 23.3 Å². The summed E-state index contributed by atoms with van der Waals surface area (Å²) >= 11 is 1.90. The first kappa shape index (κ1) is 32.5. The van der Waals surface area contributed by atoms with Crippen LogP contribution in [0, 0.1) is 0 Å². The number of nitrogen functional groups attached to an aromatic ring is 1. The van der Waals surface area contributed by atoms with Crippen LogP contribution in [0.5, 0.6) is 0 Å². The number of anilines is 1. The third-order valence-corrected chi connectivity index (χ3v) is 7.34. The van der Waals surface area contributed by atoms with Crippen molar-refractivity contribution in [3.05, 3.63) is 17.1 Å². The van der Waals surface area contributed by atoms with Crippen LogP contribution in [0.15, 0.2) is 16.4 Å². The highest BCUT2D eigenvalue weighted by Crippen LogP contribution is 2.40. The SMILES string of the molecule is CC(=O)CC(=O)OCC1=C(C(=O)O)N2C(=O)C(NC(=O)C(=NOC(C)(C)C(=O)OC(C)(C)C)c3nsc(N)n3)[C@@H]2SC1. The number of aliphatic carboxylic acids is 1. The van der Waals surface area contributed by atoms with Crippen LogP contribution in [0.3, 0.4) is 0 Å². The van der Waals surface area contributed by atoms with Gasteiger partial charge >= 0.3 is 17.9 Å². The number of Topliss-reactive ketones (excluding diaryl/α,β-unsaturated/α-hetero) is 1. The van der Waals surface area contributed by atoms with Gasteiger partial charge in [-0.2, -0.15) is 9.36 Å². The highest BCUT2D eigenvalue weighted by atomic mass is 32.2. The fourth-order valence-corrected chi connectivity index (χ4v) is 5.30. The van der Waals surface area contributed by atoms with E-state index in [9.17, 15) is 33.9 Å². The van der Waals surface area contributed by atoms with Gasteiger partial charge in [0.15, 0.2) is 5.13 Å². The van der Waals surface area contributed by atoms with Gasteiger partial charge in [-0.05, 0) is 41.5 Å². The number of carbonyl (C=O) groups is 6. The summed E-state index contributed by atoms with van der Waals surface area (Å²) in [5.74, 6) is -5.29. The number of amides is 2. The molecule has 0 spiro atoms. The van der Waals surface area contributed by atoms with Gasteiger partial charge in [-0.1, -0.05) is 5.16 Å². The zero-order valence-corrected chi connectivity index (χ0v) is 25.2. The van der Waals surface area contributed by atoms with Gasteiger partial charge in [0.05, 0.1) is 0 Å². The molecule has 3 rings (SSSR count). The lowest BCUT2D eigenvalue weighted by Crippen LogP contribution is -2.71. The topological polar surface area (TPSA) is 230 Å². The fourth-order valence-electron chi connectivity index (χ4n) is 3.54. The predicted octanol–water partition coefficient (Wildman–Crippen LogP) is 0.222. The molecule has 42 heavy (non-hydrogen) atoms. The summed E-state index contributed by atoms with van der Waals surface area (Å²) in [6, 6.07) is -1.17. The van der Waals surface area contributed by atoms with Gasteiger partial charge < -0.3 is 30.5 Å². The zero-order chi connectivity index (χ0) is 31.6. The first-order valence-corrected chi connectivity index (χ1v) is 14.2. The summed E-state index contributed by atoms with van der Waals surface area (Å²) in [7, 11) is 0. The number of ether oxygens (including phenoxy) is 2. The average Bonchev–Trinajstić information content (AvgIpc) is 3.29. The molecule has 1 unspecified atom stereocenters. The lowest BCUT2D eigenvalue weighted by Gasteiger charge is -2.49. The zero-order valence-electron chi connectivity index (χ0n) is 23.6. The first-order chi connectivity index (χ1) is 19.4. The van der Waals surface area contributed by atoms with Crippen molar-refractivity contribution < 1.29 is 48.2 Å². The van der Waals surface area contributed by atoms with Crippen LogP contribution in [0.25, 0.3) is 0 Å². The number of aromatic nitrogens is 2. The van der Waals surface area contributed by atoms with Crippen molar-refractivity contribution in [2.45, 2.75) is 70.6 Å². The number of rotatable bonds is 11. The molecular formula is C24H30N6O10S2. The maximum atomic E-state index is 13.3. The first-order valence-electron chi connectivity index (χ1n) is 12.4. The summed E-state index contributed by atoms with van der Waals surface area (Å²) in [5, 5.41) is 15.3. The Bertz CT molecular complexity index is 1380. The second-order valence-electron chi connectivity index (χ2n) is 10.7. The monoisotopic (exact) mass is 626 g/mol. The van der Waals surface area contributed by atoms with Gasteiger partial charge in [0, 0.05) is 22.9 Å². The minimum Gasteiger partial charge on any atom is -0.477 e. The number of hydrogen-bond donors (Lipinski definition) is 3. The van der Waals surface area contributed by atoms with E-state index in [2.05, 4.69) is 19.8 Å². The molecule has 0 saturated carbocycles. The Labute approximate surface area is 248 Å². The summed E-state index contributed by atoms with van der Waals surface area (Å²) in [6.45, 7) is 8.55. The maximum Gasteiger partial charge on any atom is 0.353 e. The minimum absolute atomic E-state index is 0.0124. The molecule has 2 atom stereocenters. The third-order valence-electron chi connectivity index (χ3n) is 5.46. The molecule has 2 amide bonds. The summed E-state index contributed by atoms with van der Waals surface area (Å²) in [6.07, 6.45) is -0.468. The molecule has 4 N–H and O–H groups in total. The highest BCUT2D eigenvalue weighted by molar-refractivity contribution is 8.00. The molecule has 1 aromatic heterocycles. The normalized spacial score (nSPS) is 19.0. The molecule has 0 bridgehead atoms. The Balaban J connectivity index is 1.79. The Morgan fingerprint density at radius 2 is 1.86 bits per heavy atom. The lowest BCUT2D eigenvalue weighted by atomic mass is 10.0. The summed E-state index contributed by atoms with van der Waals surface area (Å²) in [4.78, 5) is 84.1. The van der Waals surface area contributed by atoms with Gasteiger partial charge in [0.1, 0.15) is 41.5 Å². The van der Waals surface area contributed by atoms with Crippen molar-refractivity contribution in [3.8, 4) is 0 Å². The molecule has 1 saturated heterocycles. The standard InChI is InChI=1S/C24H30N6O10S2/c1-10(31)7-12(32)38-8-11-9-41-19-14(18(34)30(19)15(11)20(35)36)26-17(33)13(16-27-22(25)42-29-16)28-40-24(5,6)21(37)39-23(2,3)4/h14,19H,7-9H2,1-6H3,(H,26,33)(H,35,36)(H2,25,27,29)/t14?,19-/m0/s1. The molecular weight excluding hydrogens is 596 g/mol. The molecule has 0 aromatic carbocycles. The number of esters is 2. The predicted molar refractivity (Wildman–Crippen MR) is 148 cm³/mol. The van der Waals surface area contributed by atoms with Gasteiger partial charge in [-0.3, -0.25) is 24.1 Å². The van der Waals surface area contributed by atoms with E-state index in [1.165, 1.54) is 20.8 Å². The Kier molecular flexibility index (Phi) is 9.61. The Morgan fingerprint density at radius 3 is 2.40 bits per heavy atom. The molecule has 228 valence electrons. The number of carboxylic acids is 1. The van der Waals surface area contributed by atoms with Gasteiger partial charge in [0.2, 0.25) is 17.1 Å². The molecule has 0 aliphatic carbocycles. The second kappa shape index (κ2) is 12.4. The van der Waals surface area contributed by atoms with Crippen LogP contribution < -0.4 is 11.1 Å². The van der Waals surface area contributed by atoms with Gasteiger partial charge in [-0.25, -0.2) is 9.59 Å². The van der Waals surface area contributed by atoms with Crippen LogP contribution in [-0.4, -0.2) is 95.6 Å². The Morgan fingerprint density at radius 1 is 1.19 bits per heavy atom. The fraction of sp³-hybridized carbons (Fsp3) is 0.542. The summed E-state index contributed by atoms with van der Waals surface area (Å²) < 4.78 is 14.3. The smallest absolute Gasteiger partial charge is 0.353 e. The Hall–Kier alpha value is -4.06. The second-order valence-corrected chi connectivity index (χ2v) is 12.5. The molecule has 0 radical (unpaired) electrons. The molecule has 3 heterocycles. The van der Waals surface area contributed by atoms with Crippen LogP contribution in [-0.2, 0) is 43.1 Å². The van der Waals surface area contributed by atoms with Gasteiger partial charge in [0.25, 0.3) is 11.8 Å². The number of β-lactam (4-membered cyclic amide) rings is 1. The van der Waals surface area contributed by atoms with Crippen molar-refractivity contribution in [1.82, 2.24) is 19.6 Å². The van der Waals surface area contributed by atoms with E-state index in [1.54, 1.807) is 20.8 Å². The number of nitrogens with zero attached hydrogens (tertiary/aromatic N) is 4.